The zero-order chi connectivity index (χ0) is 16.3. The van der Waals surface area contributed by atoms with Gasteiger partial charge in [-0.05, 0) is 19.8 Å². The second kappa shape index (κ2) is 19.0. The van der Waals surface area contributed by atoms with Gasteiger partial charge < -0.3 is 5.11 Å². The molecule has 0 amide bonds. The van der Waals surface area contributed by atoms with Crippen LogP contribution in [0.2, 0.25) is 0 Å². The van der Waals surface area contributed by atoms with E-state index in [1.807, 2.05) is 13.3 Å². The molecule has 22 heavy (non-hydrogen) atoms. The molecule has 0 saturated carbocycles. The van der Waals surface area contributed by atoms with E-state index in [4.69, 9.17) is 5.11 Å². The number of unbranched alkanes of at least 4 members (excludes halogenated alkanes) is 16. The minimum Gasteiger partial charge on any atom is -0.393 e. The van der Waals surface area contributed by atoms with Crippen LogP contribution in [0.15, 0.2) is 0 Å². The fraction of sp³-hybridized carbons (Fsp3) is 0.952. The van der Waals surface area contributed by atoms with Crippen LogP contribution in [0.1, 0.15) is 123 Å². The molecule has 1 unspecified atom stereocenters. The van der Waals surface area contributed by atoms with Gasteiger partial charge in [0.1, 0.15) is 0 Å². The third-order valence-corrected chi connectivity index (χ3v) is 4.57. The highest BCUT2D eigenvalue weighted by molar-refractivity contribution is 4.70. The van der Waals surface area contributed by atoms with Gasteiger partial charge >= 0.3 is 0 Å². The Bertz CT molecular complexity index is 188. The Kier molecular flexibility index (Phi) is 19.0. The molecule has 0 fully saturated rings. The van der Waals surface area contributed by atoms with Gasteiger partial charge in [0, 0.05) is 0 Å². The Hall–Kier alpha value is -0.0400. The third-order valence-electron chi connectivity index (χ3n) is 4.57. The first-order chi connectivity index (χ1) is 10.8. The van der Waals surface area contributed by atoms with Crippen molar-refractivity contribution in [3.8, 4) is 0 Å². The predicted molar refractivity (Wildman–Crippen MR) is 100 cm³/mol. The molecule has 0 rings (SSSR count). The zero-order valence-corrected chi connectivity index (χ0v) is 15.6. The van der Waals surface area contributed by atoms with Crippen molar-refractivity contribution in [3.63, 3.8) is 0 Å². The maximum atomic E-state index is 9.12. The Morgan fingerprint density at radius 2 is 0.909 bits per heavy atom. The van der Waals surface area contributed by atoms with Crippen LogP contribution < -0.4 is 0 Å². The molecule has 0 aliphatic carbocycles. The Labute approximate surface area is 141 Å². The second-order valence-corrected chi connectivity index (χ2v) is 7.07. The van der Waals surface area contributed by atoms with Crippen molar-refractivity contribution in [3.05, 3.63) is 6.42 Å². The highest BCUT2D eigenvalue weighted by atomic mass is 16.3. The first-order valence-corrected chi connectivity index (χ1v) is 10.3. The van der Waals surface area contributed by atoms with Gasteiger partial charge in [0.05, 0.1) is 6.10 Å². The molecule has 0 bridgehead atoms. The molecule has 1 radical (unpaired) electrons. The van der Waals surface area contributed by atoms with Gasteiger partial charge in [0.25, 0.3) is 0 Å². The molecule has 0 aromatic carbocycles. The topological polar surface area (TPSA) is 20.2 Å². The lowest BCUT2D eigenvalue weighted by Gasteiger charge is -2.04. The van der Waals surface area contributed by atoms with E-state index in [1.165, 1.54) is 103 Å². The van der Waals surface area contributed by atoms with Crippen LogP contribution in [0.3, 0.4) is 0 Å². The first kappa shape index (κ1) is 22.0. The maximum Gasteiger partial charge on any atom is 0.0543 e. The van der Waals surface area contributed by atoms with Crippen molar-refractivity contribution in [1.82, 2.24) is 0 Å². The first-order valence-electron chi connectivity index (χ1n) is 10.3. The molecule has 1 N–H and O–H groups in total. The number of rotatable bonds is 18. The molecule has 133 valence electrons. The Morgan fingerprint density at radius 3 is 1.23 bits per heavy atom. The van der Waals surface area contributed by atoms with Gasteiger partial charge in [-0.15, -0.1) is 0 Å². The summed E-state index contributed by atoms with van der Waals surface area (Å²) in [6, 6.07) is 0. The lowest BCUT2D eigenvalue weighted by Crippen LogP contribution is -1.99. The van der Waals surface area contributed by atoms with Crippen molar-refractivity contribution in [2.24, 2.45) is 0 Å². The molecule has 0 spiro atoms. The van der Waals surface area contributed by atoms with Gasteiger partial charge in [0.2, 0.25) is 0 Å². The van der Waals surface area contributed by atoms with E-state index in [9.17, 15) is 0 Å². The standard InChI is InChI=1S/C21H43O/c1-3-4-5-6-7-8-9-10-11-12-13-14-15-16-17-18-19-20-21(2)22/h20-22H,3-19H2,1-2H3. The lowest BCUT2D eigenvalue weighted by atomic mass is 10.0. The van der Waals surface area contributed by atoms with Crippen LogP contribution in [-0.4, -0.2) is 11.2 Å². The van der Waals surface area contributed by atoms with E-state index in [1.54, 1.807) is 0 Å². The van der Waals surface area contributed by atoms with Crippen molar-refractivity contribution in [1.29, 1.82) is 0 Å². The number of hydrogen-bond acceptors (Lipinski definition) is 1. The summed E-state index contributed by atoms with van der Waals surface area (Å²) in [5.74, 6) is 0. The highest BCUT2D eigenvalue weighted by Crippen LogP contribution is 2.14. The van der Waals surface area contributed by atoms with Crippen LogP contribution in [0.25, 0.3) is 0 Å². The summed E-state index contributed by atoms with van der Waals surface area (Å²) in [6.07, 6.45) is 25.6. The fourth-order valence-electron chi connectivity index (χ4n) is 3.05. The molecular formula is C21H43O. The summed E-state index contributed by atoms with van der Waals surface area (Å²) in [5.41, 5.74) is 0. The van der Waals surface area contributed by atoms with Crippen LogP contribution >= 0.6 is 0 Å². The predicted octanol–water partition coefficient (Wildman–Crippen LogP) is 7.22. The molecule has 0 heterocycles. The Balaban J connectivity index is 2.94. The van der Waals surface area contributed by atoms with Crippen molar-refractivity contribution < 1.29 is 5.11 Å². The molecule has 0 aliphatic rings. The van der Waals surface area contributed by atoms with Gasteiger partial charge in [-0.3, -0.25) is 0 Å². The van der Waals surface area contributed by atoms with E-state index in [-0.39, 0.29) is 6.10 Å². The maximum absolute atomic E-state index is 9.12. The summed E-state index contributed by atoms with van der Waals surface area (Å²) in [6.45, 7) is 4.13. The van der Waals surface area contributed by atoms with E-state index in [0.717, 1.165) is 6.42 Å². The molecule has 1 heteroatoms. The number of hydrogen-bond donors (Lipinski definition) is 1. The normalized spacial score (nSPS) is 12.7. The molecule has 0 saturated heterocycles. The van der Waals surface area contributed by atoms with Gasteiger partial charge in [0.15, 0.2) is 0 Å². The van der Waals surface area contributed by atoms with E-state index in [0.29, 0.717) is 0 Å². The van der Waals surface area contributed by atoms with Gasteiger partial charge in [-0.25, -0.2) is 0 Å². The zero-order valence-electron chi connectivity index (χ0n) is 15.6. The average molecular weight is 312 g/mol. The number of aliphatic hydroxyl groups excluding tert-OH is 1. The molecule has 0 aromatic heterocycles. The van der Waals surface area contributed by atoms with Crippen LogP contribution in [0.4, 0.5) is 0 Å². The van der Waals surface area contributed by atoms with E-state index >= 15 is 0 Å². The largest absolute Gasteiger partial charge is 0.393 e. The average Bonchev–Trinajstić information content (AvgIpc) is 2.50. The minimum atomic E-state index is -0.226. The van der Waals surface area contributed by atoms with Gasteiger partial charge in [-0.1, -0.05) is 110 Å². The van der Waals surface area contributed by atoms with Crippen LogP contribution in [-0.2, 0) is 0 Å². The lowest BCUT2D eigenvalue weighted by molar-refractivity contribution is 0.222. The smallest absolute Gasteiger partial charge is 0.0543 e. The van der Waals surface area contributed by atoms with Crippen molar-refractivity contribution in [2.45, 2.75) is 129 Å². The molecule has 1 nitrogen and oxygen atoms in total. The second-order valence-electron chi connectivity index (χ2n) is 7.07. The molecule has 0 aliphatic heterocycles. The molecular weight excluding hydrogens is 268 g/mol. The van der Waals surface area contributed by atoms with E-state index < -0.39 is 0 Å². The monoisotopic (exact) mass is 311 g/mol. The van der Waals surface area contributed by atoms with Crippen molar-refractivity contribution >= 4 is 0 Å². The minimum absolute atomic E-state index is 0.226. The van der Waals surface area contributed by atoms with Crippen LogP contribution in [0.5, 0.6) is 0 Å². The Morgan fingerprint density at radius 1 is 0.591 bits per heavy atom. The number of aliphatic hydroxyl groups is 1. The SMILES string of the molecule is CCCCCCCCCCCCCCCCCC[CH]C(C)O. The summed E-state index contributed by atoms with van der Waals surface area (Å²) in [5, 5.41) is 9.12. The summed E-state index contributed by atoms with van der Waals surface area (Å²) >= 11 is 0. The summed E-state index contributed by atoms with van der Waals surface area (Å²) in [7, 11) is 0. The van der Waals surface area contributed by atoms with Crippen molar-refractivity contribution in [2.75, 3.05) is 0 Å². The quantitative estimate of drug-likeness (QED) is 0.265. The fourth-order valence-corrected chi connectivity index (χ4v) is 3.05. The molecule has 0 aromatic rings. The van der Waals surface area contributed by atoms with Gasteiger partial charge in [-0.2, -0.15) is 0 Å². The summed E-state index contributed by atoms with van der Waals surface area (Å²) in [4.78, 5) is 0. The van der Waals surface area contributed by atoms with Crippen LogP contribution in [0, 0.1) is 6.42 Å². The highest BCUT2D eigenvalue weighted by Gasteiger charge is 1.97. The molecule has 1 atom stereocenters. The van der Waals surface area contributed by atoms with E-state index in [2.05, 4.69) is 6.92 Å². The summed E-state index contributed by atoms with van der Waals surface area (Å²) < 4.78 is 0. The third kappa shape index (κ3) is 20.0.